The third-order valence-electron chi connectivity index (χ3n) is 7.85. The van der Waals surface area contributed by atoms with Gasteiger partial charge in [0.25, 0.3) is 5.82 Å². The van der Waals surface area contributed by atoms with Gasteiger partial charge in [-0.25, -0.2) is 26.0 Å². The molecule has 17 heteroatoms. The number of imidazole rings is 1. The summed E-state index contributed by atoms with van der Waals surface area (Å²) in [6.07, 6.45) is 9.60. The Labute approximate surface area is 313 Å². The number of hydrogen-bond donors (Lipinski definition) is 0. The van der Waals surface area contributed by atoms with Crippen molar-refractivity contribution in [1.29, 1.82) is 0 Å². The Kier molecular flexibility index (Phi) is 14.5. The SMILES string of the molecule is CCN1C2=CC(Cl)=C(Cl)CC2N(CCCCS(=O)(=O)[O-])/C1=C/C=C/c1n(CC)c2cc(Cl)c(Cl)cc2[n+]1CCCCS(=O)(=O)[O-].[Na+]. The van der Waals surface area contributed by atoms with Gasteiger partial charge in [-0.05, 0) is 51.7 Å². The second kappa shape index (κ2) is 16.8. The van der Waals surface area contributed by atoms with Crippen LogP contribution in [0.5, 0.6) is 0 Å². The molecule has 1 aromatic carbocycles. The average molecular weight is 765 g/mol. The van der Waals surface area contributed by atoms with E-state index < -0.39 is 31.7 Å². The molecule has 0 saturated carbocycles. The van der Waals surface area contributed by atoms with Crippen LogP contribution in [0.2, 0.25) is 10.0 Å². The van der Waals surface area contributed by atoms with E-state index in [1.54, 1.807) is 12.1 Å². The van der Waals surface area contributed by atoms with Crippen molar-refractivity contribution in [3.05, 3.63) is 67.8 Å². The van der Waals surface area contributed by atoms with Crippen LogP contribution in [-0.2, 0) is 33.3 Å². The quantitative estimate of drug-likeness (QED) is 0.124. The monoisotopic (exact) mass is 762 g/mol. The van der Waals surface area contributed by atoms with Crippen molar-refractivity contribution in [3.63, 3.8) is 0 Å². The van der Waals surface area contributed by atoms with Gasteiger partial charge >= 0.3 is 29.6 Å². The normalized spacial score (nSPS) is 18.2. The van der Waals surface area contributed by atoms with Crippen molar-refractivity contribution in [1.82, 2.24) is 14.4 Å². The summed E-state index contributed by atoms with van der Waals surface area (Å²) < 4.78 is 71.2. The molecule has 1 fully saturated rings. The predicted molar refractivity (Wildman–Crippen MR) is 177 cm³/mol. The first-order valence-corrected chi connectivity index (χ1v) is 19.3. The Morgan fingerprint density at radius 3 is 2.17 bits per heavy atom. The van der Waals surface area contributed by atoms with E-state index in [9.17, 15) is 25.9 Å². The van der Waals surface area contributed by atoms with Crippen LogP contribution in [0.15, 0.2) is 51.9 Å². The van der Waals surface area contributed by atoms with Crippen molar-refractivity contribution in [3.8, 4) is 0 Å². The number of aryl methyl sites for hydroxylation is 2. The first kappa shape index (κ1) is 39.7. The van der Waals surface area contributed by atoms with E-state index in [1.807, 2.05) is 42.7 Å². The summed E-state index contributed by atoms with van der Waals surface area (Å²) in [4.78, 5) is 4.30. The number of aromatic nitrogens is 2. The van der Waals surface area contributed by atoms with Gasteiger partial charge in [-0.15, -0.1) is 0 Å². The summed E-state index contributed by atoms with van der Waals surface area (Å²) in [6.45, 7) is 6.23. The fourth-order valence-electron chi connectivity index (χ4n) is 5.88. The Morgan fingerprint density at radius 1 is 0.935 bits per heavy atom. The average Bonchev–Trinajstić information content (AvgIpc) is 3.38. The van der Waals surface area contributed by atoms with Crippen LogP contribution in [0.3, 0.4) is 0 Å². The van der Waals surface area contributed by atoms with E-state index in [1.165, 1.54) is 0 Å². The van der Waals surface area contributed by atoms with Crippen LogP contribution >= 0.6 is 46.4 Å². The van der Waals surface area contributed by atoms with Gasteiger partial charge in [-0.2, -0.15) is 0 Å². The standard InChI is InChI=1S/C29H36Cl4N4O6S2.Na/c1-3-34-24-16-20(30)22(32)18-26(24)36(12-5-7-14-44(38,39)40)28(34)10-9-11-29-35(4-2)25-17-21(31)23(33)19-27(25)37(29)13-6-8-15-45(41,42)43;/h9-11,16-18,27H,3-8,12-15,19H2,1-2H3,(H-,38,39,40,41,42,43);/q;+1/p-1. The van der Waals surface area contributed by atoms with Crippen LogP contribution < -0.4 is 34.1 Å². The molecular formula is C29H35Cl4N4NaO6S2. The molecular weight excluding hydrogens is 729 g/mol. The Bertz CT molecular complexity index is 1790. The van der Waals surface area contributed by atoms with E-state index >= 15 is 0 Å². The molecule has 1 aromatic heterocycles. The molecule has 1 atom stereocenters. The molecule has 46 heavy (non-hydrogen) atoms. The van der Waals surface area contributed by atoms with E-state index in [-0.39, 0.29) is 48.4 Å². The van der Waals surface area contributed by atoms with E-state index in [0.717, 1.165) is 28.4 Å². The van der Waals surface area contributed by atoms with Crippen molar-refractivity contribution in [2.45, 2.75) is 65.1 Å². The topological polar surface area (TPSA) is 130 Å². The fourth-order valence-corrected chi connectivity index (χ4v) is 7.70. The summed E-state index contributed by atoms with van der Waals surface area (Å²) in [5.74, 6) is 0.842. The maximum atomic E-state index is 11.2. The smallest absolute Gasteiger partial charge is 0.748 e. The third kappa shape index (κ3) is 9.68. The summed E-state index contributed by atoms with van der Waals surface area (Å²) in [5.41, 5.74) is 2.66. The summed E-state index contributed by atoms with van der Waals surface area (Å²) in [6, 6.07) is 3.48. The van der Waals surface area contributed by atoms with Gasteiger partial charge in [0.1, 0.15) is 5.82 Å². The van der Waals surface area contributed by atoms with Gasteiger partial charge in [0.2, 0.25) is 0 Å². The summed E-state index contributed by atoms with van der Waals surface area (Å²) >= 11 is 25.6. The molecule has 0 radical (unpaired) electrons. The number of hydrogen-bond acceptors (Lipinski definition) is 8. The molecule has 1 aliphatic carbocycles. The number of benzene rings is 1. The van der Waals surface area contributed by atoms with Gasteiger partial charge in [-0.1, -0.05) is 52.5 Å². The number of halogens is 4. The third-order valence-corrected chi connectivity index (χ3v) is 10.9. The molecule has 2 aliphatic rings. The molecule has 1 unspecified atom stereocenters. The maximum Gasteiger partial charge on any atom is 1.00 e. The molecule has 0 N–H and O–H groups in total. The minimum atomic E-state index is -4.32. The van der Waals surface area contributed by atoms with Crippen LogP contribution in [-0.4, -0.2) is 70.9 Å². The van der Waals surface area contributed by atoms with E-state index in [0.29, 0.717) is 65.6 Å². The zero-order valence-corrected chi connectivity index (χ0v) is 32.5. The van der Waals surface area contributed by atoms with Crippen molar-refractivity contribution in [2.75, 3.05) is 24.6 Å². The Morgan fingerprint density at radius 2 is 1.57 bits per heavy atom. The molecule has 248 valence electrons. The first-order valence-electron chi connectivity index (χ1n) is 14.6. The van der Waals surface area contributed by atoms with Crippen molar-refractivity contribution >= 4 is 83.7 Å². The Hall–Kier alpha value is -0.770. The molecule has 4 rings (SSSR count). The van der Waals surface area contributed by atoms with Crippen LogP contribution in [0, 0.1) is 0 Å². The van der Waals surface area contributed by atoms with Gasteiger partial charge in [-0.3, -0.25) is 0 Å². The van der Waals surface area contributed by atoms with E-state index in [2.05, 4.69) is 14.4 Å². The Balaban J connectivity index is 0.00000576. The zero-order chi connectivity index (χ0) is 33.1. The molecule has 0 amide bonds. The minimum Gasteiger partial charge on any atom is -0.748 e. The minimum absolute atomic E-state index is 0. The molecule has 2 aromatic rings. The number of unbranched alkanes of at least 4 members (excludes halogenated alkanes) is 2. The van der Waals surface area contributed by atoms with E-state index in [4.69, 9.17) is 46.4 Å². The van der Waals surface area contributed by atoms with Crippen molar-refractivity contribution < 1.29 is 60.1 Å². The van der Waals surface area contributed by atoms with Crippen LogP contribution in [0.25, 0.3) is 17.1 Å². The second-order valence-electron chi connectivity index (χ2n) is 10.8. The molecule has 0 bridgehead atoms. The molecule has 10 nitrogen and oxygen atoms in total. The van der Waals surface area contributed by atoms with Crippen LogP contribution in [0.4, 0.5) is 0 Å². The second-order valence-corrected chi connectivity index (χ2v) is 15.5. The molecule has 2 heterocycles. The summed E-state index contributed by atoms with van der Waals surface area (Å²) in [7, 11) is -8.62. The molecule has 0 spiro atoms. The fraction of sp³-hybridized carbons (Fsp3) is 0.483. The van der Waals surface area contributed by atoms with Crippen LogP contribution in [0.1, 0.15) is 51.8 Å². The zero-order valence-electron chi connectivity index (χ0n) is 25.9. The number of rotatable bonds is 14. The molecule has 1 aliphatic heterocycles. The predicted octanol–water partition coefficient (Wildman–Crippen LogP) is 2.75. The number of likely N-dealkylation sites (N-methyl/N-ethyl adjacent to an activating group) is 1. The van der Waals surface area contributed by atoms with Gasteiger partial charge in [0.15, 0.2) is 11.0 Å². The summed E-state index contributed by atoms with van der Waals surface area (Å²) in [5, 5.41) is 1.82. The number of allylic oxidation sites excluding steroid dienone is 4. The first-order chi connectivity index (χ1) is 21.1. The van der Waals surface area contributed by atoms with Gasteiger partial charge < -0.3 is 18.9 Å². The van der Waals surface area contributed by atoms with Gasteiger partial charge in [0.05, 0.1) is 54.4 Å². The van der Waals surface area contributed by atoms with Crippen molar-refractivity contribution in [2.24, 2.45) is 0 Å². The largest absolute Gasteiger partial charge is 1.00 e. The maximum absolute atomic E-state index is 11.2. The number of fused-ring (bicyclic) bond motifs is 2. The van der Waals surface area contributed by atoms with Gasteiger partial charge in [0, 0.05) is 60.0 Å². The number of nitrogens with zero attached hydrogens (tertiary/aromatic N) is 4. The molecule has 1 saturated heterocycles.